The minimum absolute atomic E-state index is 0.0502. The van der Waals surface area contributed by atoms with Crippen LogP contribution in [0.15, 0.2) is 72.8 Å². The lowest BCUT2D eigenvalue weighted by atomic mass is 9.68. The molecule has 0 saturated heterocycles. The number of fused-ring (bicyclic) bond motifs is 7. The van der Waals surface area contributed by atoms with Crippen molar-refractivity contribution in [3.05, 3.63) is 101 Å². The van der Waals surface area contributed by atoms with Crippen molar-refractivity contribution in [1.82, 2.24) is 5.32 Å². The predicted molar refractivity (Wildman–Crippen MR) is 146 cm³/mol. The Morgan fingerprint density at radius 1 is 1.00 bits per heavy atom. The van der Waals surface area contributed by atoms with E-state index in [1.807, 2.05) is 17.8 Å². The largest absolute Gasteiger partial charge is 0.378 e. The molecule has 6 rings (SSSR count). The number of benzene rings is 3. The molecule has 1 amide bonds. The summed E-state index contributed by atoms with van der Waals surface area (Å²) in [6.07, 6.45) is 4.03. The van der Waals surface area contributed by atoms with E-state index < -0.39 is 0 Å². The van der Waals surface area contributed by atoms with Crippen molar-refractivity contribution in [1.29, 1.82) is 0 Å². The second kappa shape index (κ2) is 9.73. The highest BCUT2D eigenvalue weighted by atomic mass is 32.2. The third-order valence-corrected chi connectivity index (χ3v) is 9.57. The van der Waals surface area contributed by atoms with Gasteiger partial charge in [-0.05, 0) is 90.3 Å². The van der Waals surface area contributed by atoms with Crippen LogP contribution in [-0.2, 0) is 5.75 Å². The molecule has 4 heteroatoms. The van der Waals surface area contributed by atoms with E-state index in [2.05, 4.69) is 84.3 Å². The molecule has 2 N–H and O–H groups in total. The van der Waals surface area contributed by atoms with Crippen LogP contribution in [0.25, 0.3) is 0 Å². The number of aryl methyl sites for hydroxylation is 1. The molecular formula is C31H34N2OS. The van der Waals surface area contributed by atoms with Crippen LogP contribution < -0.4 is 10.6 Å². The summed E-state index contributed by atoms with van der Waals surface area (Å²) in [6.45, 7) is 2.85. The summed E-state index contributed by atoms with van der Waals surface area (Å²) in [4.78, 5) is 13.0. The number of amides is 1. The van der Waals surface area contributed by atoms with Crippen molar-refractivity contribution in [2.75, 3.05) is 17.6 Å². The molecule has 35 heavy (non-hydrogen) atoms. The summed E-state index contributed by atoms with van der Waals surface area (Å²) in [5.41, 5.74) is 7.49. The van der Waals surface area contributed by atoms with Gasteiger partial charge in [-0.25, -0.2) is 0 Å². The Labute approximate surface area is 213 Å². The lowest BCUT2D eigenvalue weighted by Crippen LogP contribution is -2.35. The summed E-state index contributed by atoms with van der Waals surface area (Å²) in [7, 11) is 0. The number of carbonyl (C=O) groups excluding carboxylic acids is 1. The van der Waals surface area contributed by atoms with Gasteiger partial charge in [-0.15, -0.1) is 0 Å². The second-order valence-corrected chi connectivity index (χ2v) is 11.6. The number of thioether (sulfide) groups is 1. The maximum absolute atomic E-state index is 13.0. The molecule has 1 aliphatic heterocycles. The number of rotatable bonds is 7. The van der Waals surface area contributed by atoms with Gasteiger partial charge in [-0.2, -0.15) is 11.8 Å². The molecule has 3 aromatic carbocycles. The van der Waals surface area contributed by atoms with E-state index in [0.717, 1.165) is 28.9 Å². The molecule has 1 heterocycles. The number of hydrogen-bond acceptors (Lipinski definition) is 3. The molecule has 3 aromatic rings. The molecular weight excluding hydrogens is 448 g/mol. The maximum atomic E-state index is 13.0. The van der Waals surface area contributed by atoms with E-state index in [0.29, 0.717) is 24.4 Å². The van der Waals surface area contributed by atoms with Gasteiger partial charge >= 0.3 is 0 Å². The molecule has 0 aromatic heterocycles. The molecule has 3 nitrogen and oxygen atoms in total. The summed E-state index contributed by atoms with van der Waals surface area (Å²) in [5.74, 6) is 4.69. The molecule has 2 fully saturated rings. The van der Waals surface area contributed by atoms with E-state index in [1.165, 1.54) is 47.2 Å². The van der Waals surface area contributed by atoms with Crippen LogP contribution in [0.1, 0.15) is 63.8 Å². The minimum atomic E-state index is 0.0502. The van der Waals surface area contributed by atoms with Crippen molar-refractivity contribution in [3.63, 3.8) is 0 Å². The quantitative estimate of drug-likeness (QED) is 0.358. The van der Waals surface area contributed by atoms with Gasteiger partial charge in [0, 0.05) is 29.3 Å². The third kappa shape index (κ3) is 4.38. The van der Waals surface area contributed by atoms with Crippen LogP contribution in [0.4, 0.5) is 5.69 Å². The standard InChI is InChI=1S/C31H34N2OS/c1-20-7-5-6-10-25(20)19-35-16-15-32-31(34)24-13-14-27-26(18-24)28-22-11-12-23(17-22)29(28)30(33-27)21-8-3-2-4-9-21/h2-10,13-14,18,22-23,28-30,33H,11-12,15-17,19H2,1H3,(H,32,34)/t22-,23-,28-,29-,30-/m0/s1. The van der Waals surface area contributed by atoms with Crippen molar-refractivity contribution in [2.45, 2.75) is 43.9 Å². The first-order valence-electron chi connectivity index (χ1n) is 13.0. The first kappa shape index (κ1) is 22.7. The van der Waals surface area contributed by atoms with Crippen LogP contribution >= 0.6 is 11.8 Å². The van der Waals surface area contributed by atoms with Gasteiger partial charge < -0.3 is 10.6 Å². The van der Waals surface area contributed by atoms with E-state index >= 15 is 0 Å². The zero-order valence-electron chi connectivity index (χ0n) is 20.4. The SMILES string of the molecule is Cc1ccccc1CSCCNC(=O)c1ccc2c(c1)[C@@H]1[C@H]3CC[C@@H](C3)[C@@H]1[C@H](c1ccccc1)N2. The van der Waals surface area contributed by atoms with Crippen molar-refractivity contribution < 1.29 is 4.79 Å². The average molecular weight is 483 g/mol. The first-order valence-corrected chi connectivity index (χ1v) is 14.2. The van der Waals surface area contributed by atoms with E-state index in [9.17, 15) is 4.79 Å². The highest BCUT2D eigenvalue weighted by molar-refractivity contribution is 7.98. The van der Waals surface area contributed by atoms with Crippen molar-refractivity contribution >= 4 is 23.4 Å². The van der Waals surface area contributed by atoms with Gasteiger partial charge in [-0.3, -0.25) is 4.79 Å². The first-order chi connectivity index (χ1) is 17.2. The monoisotopic (exact) mass is 482 g/mol. The summed E-state index contributed by atoms with van der Waals surface area (Å²) >= 11 is 1.87. The summed E-state index contributed by atoms with van der Waals surface area (Å²) in [5, 5.41) is 7.04. The fourth-order valence-electron chi connectivity index (χ4n) is 6.91. The maximum Gasteiger partial charge on any atom is 0.251 e. The highest BCUT2D eigenvalue weighted by Gasteiger charge is 2.53. The molecule has 2 saturated carbocycles. The van der Waals surface area contributed by atoms with E-state index in [4.69, 9.17) is 0 Å². The van der Waals surface area contributed by atoms with E-state index in [1.54, 1.807) is 0 Å². The zero-order valence-corrected chi connectivity index (χ0v) is 21.2. The fraction of sp³-hybridized carbons (Fsp3) is 0.387. The third-order valence-electron chi connectivity index (χ3n) is 8.56. The van der Waals surface area contributed by atoms with Crippen molar-refractivity contribution in [3.8, 4) is 0 Å². The minimum Gasteiger partial charge on any atom is -0.378 e. The van der Waals surface area contributed by atoms with Gasteiger partial charge in [0.2, 0.25) is 0 Å². The van der Waals surface area contributed by atoms with Gasteiger partial charge in [0.1, 0.15) is 0 Å². The van der Waals surface area contributed by atoms with Crippen LogP contribution in [0.3, 0.4) is 0 Å². The summed E-state index contributed by atoms with van der Waals surface area (Å²) in [6, 6.07) is 26.2. The van der Waals surface area contributed by atoms with Crippen LogP contribution in [0, 0.1) is 24.7 Å². The van der Waals surface area contributed by atoms with Crippen LogP contribution in [-0.4, -0.2) is 18.2 Å². The smallest absolute Gasteiger partial charge is 0.251 e. The Balaban J connectivity index is 1.14. The Morgan fingerprint density at radius 3 is 2.66 bits per heavy atom. The summed E-state index contributed by atoms with van der Waals surface area (Å²) < 4.78 is 0. The van der Waals surface area contributed by atoms with Gasteiger partial charge in [0.05, 0.1) is 6.04 Å². The topological polar surface area (TPSA) is 41.1 Å². The molecule has 180 valence electrons. The lowest BCUT2D eigenvalue weighted by Gasteiger charge is -2.43. The van der Waals surface area contributed by atoms with Crippen LogP contribution in [0.2, 0.25) is 0 Å². The predicted octanol–water partition coefficient (Wildman–Crippen LogP) is 6.95. The highest BCUT2D eigenvalue weighted by Crippen LogP contribution is 2.63. The van der Waals surface area contributed by atoms with Gasteiger partial charge in [0.15, 0.2) is 0 Å². The van der Waals surface area contributed by atoms with Crippen LogP contribution in [0.5, 0.6) is 0 Å². The number of hydrogen-bond donors (Lipinski definition) is 2. The second-order valence-electron chi connectivity index (χ2n) is 10.5. The Kier molecular flexibility index (Phi) is 6.32. The Hall–Kier alpha value is -2.72. The lowest BCUT2D eigenvalue weighted by molar-refractivity contribution is 0.0956. The number of carbonyl (C=O) groups is 1. The average Bonchev–Trinajstić information content (AvgIpc) is 3.52. The molecule has 0 unspecified atom stereocenters. The molecule has 0 radical (unpaired) electrons. The fourth-order valence-corrected chi connectivity index (χ4v) is 7.85. The Morgan fingerprint density at radius 2 is 1.80 bits per heavy atom. The molecule has 5 atom stereocenters. The zero-order chi connectivity index (χ0) is 23.8. The number of nitrogens with one attached hydrogen (secondary N) is 2. The van der Waals surface area contributed by atoms with Gasteiger partial charge in [-0.1, -0.05) is 54.6 Å². The molecule has 2 bridgehead atoms. The molecule has 0 spiro atoms. The normalized spacial score (nSPS) is 26.0. The number of anilines is 1. The van der Waals surface area contributed by atoms with E-state index in [-0.39, 0.29) is 5.91 Å². The van der Waals surface area contributed by atoms with Gasteiger partial charge in [0.25, 0.3) is 5.91 Å². The molecule has 2 aliphatic carbocycles. The molecule has 3 aliphatic rings. The van der Waals surface area contributed by atoms with Crippen molar-refractivity contribution in [2.24, 2.45) is 17.8 Å². The Bertz CT molecular complexity index is 1210.